The third-order valence-electron chi connectivity index (χ3n) is 3.44. The van der Waals surface area contributed by atoms with Crippen molar-refractivity contribution in [3.63, 3.8) is 0 Å². The Hall–Kier alpha value is -2.20. The molecule has 1 fully saturated rings. The number of carbonyl (C=O) groups excluding carboxylic acids is 3. The largest absolute Gasteiger partial charge is 0.370 e. The van der Waals surface area contributed by atoms with E-state index in [1.165, 1.54) is 0 Å². The van der Waals surface area contributed by atoms with E-state index in [1.54, 1.807) is 0 Å². The zero-order valence-corrected chi connectivity index (χ0v) is 12.9. The van der Waals surface area contributed by atoms with Gasteiger partial charge in [-0.15, -0.1) is 0 Å². The van der Waals surface area contributed by atoms with Gasteiger partial charge >= 0.3 is 0 Å². The molecule has 2 atom stereocenters. The average molecular weight is 328 g/mol. The van der Waals surface area contributed by atoms with Gasteiger partial charge in [0.15, 0.2) is 5.96 Å². The Morgan fingerprint density at radius 3 is 2.78 bits per heavy atom. The van der Waals surface area contributed by atoms with E-state index in [-0.39, 0.29) is 24.3 Å². The van der Waals surface area contributed by atoms with Gasteiger partial charge in [-0.2, -0.15) is 0 Å². The minimum absolute atomic E-state index is 0.0585. The Kier molecular flexibility index (Phi) is 7.98. The van der Waals surface area contributed by atoms with Gasteiger partial charge in [-0.05, 0) is 32.2 Å². The highest BCUT2D eigenvalue weighted by Gasteiger charge is 2.29. The van der Waals surface area contributed by atoms with E-state index in [4.69, 9.17) is 11.5 Å². The molecule has 0 aliphatic carbocycles. The van der Waals surface area contributed by atoms with E-state index in [1.807, 2.05) is 0 Å². The number of aliphatic imine (C=N–C) groups is 1. The number of nitrogens with zero attached hydrogens (tertiary/aromatic N) is 2. The Labute approximate surface area is 134 Å². The number of hydroxylamine groups is 2. The molecule has 1 aliphatic rings. The van der Waals surface area contributed by atoms with Gasteiger partial charge in [-0.1, -0.05) is 0 Å². The van der Waals surface area contributed by atoms with Gasteiger partial charge in [0.1, 0.15) is 18.9 Å². The fourth-order valence-corrected chi connectivity index (χ4v) is 2.28. The van der Waals surface area contributed by atoms with Crippen LogP contribution in [0, 0.1) is 0 Å². The van der Waals surface area contributed by atoms with Crippen LogP contribution in [0.4, 0.5) is 0 Å². The number of hydrogen-bond acceptors (Lipinski definition) is 6. The van der Waals surface area contributed by atoms with Crippen LogP contribution in [-0.2, 0) is 14.4 Å². The van der Waals surface area contributed by atoms with Crippen molar-refractivity contribution < 1.29 is 19.6 Å². The first-order chi connectivity index (χ1) is 11.0. The summed E-state index contributed by atoms with van der Waals surface area (Å²) in [6.07, 6.45) is 2.65. The Morgan fingerprint density at radius 2 is 2.22 bits per heavy atom. The summed E-state index contributed by atoms with van der Waals surface area (Å²) in [6.45, 7) is 0.585. The molecule has 0 bridgehead atoms. The first-order valence-electron chi connectivity index (χ1n) is 7.48. The van der Waals surface area contributed by atoms with Crippen molar-refractivity contribution in [2.45, 2.75) is 37.8 Å². The van der Waals surface area contributed by atoms with Crippen LogP contribution in [0.3, 0.4) is 0 Å². The predicted octanol–water partition coefficient (Wildman–Crippen LogP) is -2.31. The molecular formula is C13H24N6O4. The van der Waals surface area contributed by atoms with Crippen LogP contribution in [0.2, 0.25) is 0 Å². The van der Waals surface area contributed by atoms with E-state index >= 15 is 0 Å². The van der Waals surface area contributed by atoms with Crippen LogP contribution >= 0.6 is 0 Å². The predicted molar refractivity (Wildman–Crippen MR) is 82.4 cm³/mol. The number of rotatable bonds is 9. The molecule has 0 unspecified atom stereocenters. The summed E-state index contributed by atoms with van der Waals surface area (Å²) in [5, 5.41) is 15.5. The standard InChI is InChI=1S/C13H24N6O4/c14-13(15)17-6-2-4-10(12(22)19(23)7-8-20)18-11(21)9-3-1-5-16-9/h8-10,16,23H,1-7H2,(H,18,21)(H4,14,15,17)/t9-,10-/m0/s1. The third-order valence-corrected chi connectivity index (χ3v) is 3.44. The van der Waals surface area contributed by atoms with Crippen LogP contribution in [0.5, 0.6) is 0 Å². The highest BCUT2D eigenvalue weighted by atomic mass is 16.5. The molecule has 1 rings (SSSR count). The van der Waals surface area contributed by atoms with Crippen molar-refractivity contribution in [2.75, 3.05) is 19.6 Å². The zero-order valence-electron chi connectivity index (χ0n) is 12.9. The average Bonchev–Trinajstić information content (AvgIpc) is 3.03. The molecule has 10 nitrogen and oxygen atoms in total. The zero-order chi connectivity index (χ0) is 17.2. The van der Waals surface area contributed by atoms with Crippen LogP contribution in [-0.4, -0.2) is 66.0 Å². The summed E-state index contributed by atoms with van der Waals surface area (Å²) in [5.41, 5.74) is 10.4. The lowest BCUT2D eigenvalue weighted by Crippen LogP contribution is -2.52. The number of amides is 2. The fourth-order valence-electron chi connectivity index (χ4n) is 2.28. The molecule has 0 radical (unpaired) electrons. The Balaban J connectivity index is 2.62. The minimum Gasteiger partial charge on any atom is -0.370 e. The highest BCUT2D eigenvalue weighted by molar-refractivity contribution is 5.90. The third kappa shape index (κ3) is 6.61. The maximum absolute atomic E-state index is 12.1. The normalized spacial score (nSPS) is 18.0. The van der Waals surface area contributed by atoms with E-state index in [0.29, 0.717) is 30.7 Å². The van der Waals surface area contributed by atoms with E-state index in [0.717, 1.165) is 13.0 Å². The molecular weight excluding hydrogens is 304 g/mol. The smallest absolute Gasteiger partial charge is 0.268 e. The first kappa shape index (κ1) is 18.8. The molecule has 1 aliphatic heterocycles. The second-order valence-electron chi connectivity index (χ2n) is 5.25. The lowest BCUT2D eigenvalue weighted by Gasteiger charge is -2.23. The Morgan fingerprint density at radius 1 is 1.48 bits per heavy atom. The molecule has 0 aromatic heterocycles. The van der Waals surface area contributed by atoms with E-state index < -0.39 is 18.5 Å². The Bertz CT molecular complexity index is 446. The molecule has 7 N–H and O–H groups in total. The number of nitrogens with two attached hydrogens (primary N) is 2. The van der Waals surface area contributed by atoms with Gasteiger partial charge in [0, 0.05) is 6.54 Å². The van der Waals surface area contributed by atoms with Gasteiger partial charge in [-0.3, -0.25) is 19.8 Å². The summed E-state index contributed by atoms with van der Waals surface area (Å²) in [4.78, 5) is 38.4. The molecule has 0 aromatic carbocycles. The number of hydrogen-bond donors (Lipinski definition) is 5. The molecule has 2 amide bonds. The lowest BCUT2D eigenvalue weighted by molar-refractivity contribution is -0.169. The van der Waals surface area contributed by atoms with E-state index in [2.05, 4.69) is 15.6 Å². The summed E-state index contributed by atoms with van der Waals surface area (Å²) < 4.78 is 0. The molecule has 23 heavy (non-hydrogen) atoms. The van der Waals surface area contributed by atoms with Crippen LogP contribution < -0.4 is 22.1 Å². The van der Waals surface area contributed by atoms with Gasteiger partial charge in [-0.25, -0.2) is 5.06 Å². The second kappa shape index (κ2) is 9.74. The molecule has 130 valence electrons. The van der Waals surface area contributed by atoms with Gasteiger partial charge in [0.25, 0.3) is 5.91 Å². The second-order valence-corrected chi connectivity index (χ2v) is 5.25. The minimum atomic E-state index is -0.941. The summed E-state index contributed by atoms with van der Waals surface area (Å²) in [7, 11) is 0. The number of aldehydes is 1. The SMILES string of the molecule is NC(N)=NCCC[C@H](NC(=O)[C@@H]1CCCN1)C(=O)N(O)CC=O. The number of carbonyl (C=O) groups is 3. The maximum atomic E-state index is 12.1. The number of guanidine groups is 1. The molecule has 10 heteroatoms. The van der Waals surface area contributed by atoms with Crippen molar-refractivity contribution in [1.29, 1.82) is 0 Å². The van der Waals surface area contributed by atoms with Crippen LogP contribution in [0.25, 0.3) is 0 Å². The molecule has 0 saturated carbocycles. The number of nitrogens with one attached hydrogen (secondary N) is 2. The summed E-state index contributed by atoms with van der Waals surface area (Å²) >= 11 is 0. The lowest BCUT2D eigenvalue weighted by atomic mass is 10.1. The van der Waals surface area contributed by atoms with Crippen molar-refractivity contribution in [2.24, 2.45) is 16.5 Å². The molecule has 1 heterocycles. The summed E-state index contributed by atoms with van der Waals surface area (Å²) in [5.74, 6) is -1.10. The fraction of sp³-hybridized carbons (Fsp3) is 0.692. The molecule has 0 spiro atoms. The van der Waals surface area contributed by atoms with Crippen molar-refractivity contribution >= 4 is 24.1 Å². The van der Waals surface area contributed by atoms with Crippen LogP contribution in [0.15, 0.2) is 4.99 Å². The van der Waals surface area contributed by atoms with Gasteiger partial charge in [0.2, 0.25) is 5.91 Å². The maximum Gasteiger partial charge on any atom is 0.268 e. The molecule has 0 aromatic rings. The van der Waals surface area contributed by atoms with Crippen LogP contribution in [0.1, 0.15) is 25.7 Å². The highest BCUT2D eigenvalue weighted by Crippen LogP contribution is 2.07. The topological polar surface area (TPSA) is 163 Å². The van der Waals surface area contributed by atoms with Crippen molar-refractivity contribution in [3.05, 3.63) is 0 Å². The van der Waals surface area contributed by atoms with E-state index in [9.17, 15) is 19.6 Å². The monoisotopic (exact) mass is 328 g/mol. The van der Waals surface area contributed by atoms with Crippen molar-refractivity contribution in [3.8, 4) is 0 Å². The summed E-state index contributed by atoms with van der Waals surface area (Å²) in [6, 6.07) is -1.29. The van der Waals surface area contributed by atoms with Gasteiger partial charge in [0.05, 0.1) is 6.04 Å². The van der Waals surface area contributed by atoms with Crippen molar-refractivity contribution in [1.82, 2.24) is 15.7 Å². The molecule has 1 saturated heterocycles. The first-order valence-corrected chi connectivity index (χ1v) is 7.48. The van der Waals surface area contributed by atoms with Gasteiger partial charge < -0.3 is 26.9 Å². The quantitative estimate of drug-likeness (QED) is 0.0792.